The van der Waals surface area contributed by atoms with E-state index in [2.05, 4.69) is 10.5 Å². The Balaban J connectivity index is 1.63. The molecular weight excluding hydrogens is 375 g/mol. The van der Waals surface area contributed by atoms with Crippen LogP contribution in [0.2, 0.25) is 0 Å². The molecule has 29 heavy (non-hydrogen) atoms. The summed E-state index contributed by atoms with van der Waals surface area (Å²) in [4.78, 5) is 22.9. The van der Waals surface area contributed by atoms with Crippen molar-refractivity contribution in [1.29, 1.82) is 0 Å². The lowest BCUT2D eigenvalue weighted by Crippen LogP contribution is -2.17. The van der Waals surface area contributed by atoms with Gasteiger partial charge in [0.15, 0.2) is 0 Å². The van der Waals surface area contributed by atoms with Gasteiger partial charge in [0.05, 0.1) is 11.8 Å². The number of carboxylic acids is 1. The van der Waals surface area contributed by atoms with Crippen LogP contribution in [0.1, 0.15) is 31.8 Å². The van der Waals surface area contributed by atoms with Crippen LogP contribution >= 0.6 is 0 Å². The van der Waals surface area contributed by atoms with Crippen molar-refractivity contribution in [2.75, 3.05) is 0 Å². The second-order valence-electron chi connectivity index (χ2n) is 6.04. The Hall–Kier alpha value is -4.00. The van der Waals surface area contributed by atoms with Gasteiger partial charge in [-0.15, -0.1) is 0 Å². The molecule has 0 saturated carbocycles. The van der Waals surface area contributed by atoms with Gasteiger partial charge in [0, 0.05) is 11.1 Å². The smallest absolute Gasteiger partial charge is 0.335 e. The summed E-state index contributed by atoms with van der Waals surface area (Å²) >= 11 is 0. The van der Waals surface area contributed by atoms with Crippen molar-refractivity contribution in [2.24, 2.45) is 5.10 Å². The van der Waals surface area contributed by atoms with E-state index in [1.165, 1.54) is 36.5 Å². The number of halogens is 1. The third-order valence-corrected chi connectivity index (χ3v) is 3.97. The maximum Gasteiger partial charge on any atom is 0.335 e. The number of carbonyl (C=O) groups excluding carboxylic acids is 1. The topological polar surface area (TPSA) is 88.0 Å². The Morgan fingerprint density at radius 2 is 1.76 bits per heavy atom. The quantitative estimate of drug-likeness (QED) is 0.472. The van der Waals surface area contributed by atoms with Gasteiger partial charge in [-0.2, -0.15) is 5.10 Å². The monoisotopic (exact) mass is 392 g/mol. The van der Waals surface area contributed by atoms with Gasteiger partial charge >= 0.3 is 5.97 Å². The van der Waals surface area contributed by atoms with Gasteiger partial charge in [0.1, 0.15) is 18.2 Å². The summed E-state index contributed by atoms with van der Waals surface area (Å²) in [6, 6.07) is 18.8. The molecule has 0 atom stereocenters. The molecule has 1 amide bonds. The van der Waals surface area contributed by atoms with Gasteiger partial charge in [-0.1, -0.05) is 30.3 Å². The first-order valence-corrected chi connectivity index (χ1v) is 8.66. The zero-order chi connectivity index (χ0) is 20.6. The molecule has 3 aromatic rings. The number of carboxylic acid groups (broad SMARTS) is 1. The highest BCUT2D eigenvalue weighted by Gasteiger charge is 2.06. The summed E-state index contributed by atoms with van der Waals surface area (Å²) in [5, 5.41) is 12.8. The third kappa shape index (κ3) is 5.49. The lowest BCUT2D eigenvalue weighted by atomic mass is 10.1. The van der Waals surface area contributed by atoms with E-state index < -0.39 is 17.7 Å². The minimum atomic E-state index is -0.987. The Labute approximate surface area is 166 Å². The molecule has 0 saturated heterocycles. The highest BCUT2D eigenvalue weighted by molar-refractivity contribution is 5.95. The molecule has 3 rings (SSSR count). The molecule has 0 fully saturated rings. The largest absolute Gasteiger partial charge is 0.488 e. The Morgan fingerprint density at radius 1 is 1.00 bits per heavy atom. The summed E-state index contributed by atoms with van der Waals surface area (Å²) in [7, 11) is 0. The lowest BCUT2D eigenvalue weighted by Gasteiger charge is -2.09. The molecule has 0 aliphatic carbocycles. The number of hydrogen-bond acceptors (Lipinski definition) is 4. The fourth-order valence-corrected chi connectivity index (χ4v) is 2.48. The summed E-state index contributed by atoms with van der Waals surface area (Å²) < 4.78 is 19.0. The van der Waals surface area contributed by atoms with Gasteiger partial charge in [0.2, 0.25) is 0 Å². The fourth-order valence-electron chi connectivity index (χ4n) is 2.48. The number of carbonyl (C=O) groups is 2. The maximum atomic E-state index is 13.2. The fraction of sp³-hybridized carbons (Fsp3) is 0.0455. The Bertz CT molecular complexity index is 1050. The number of aromatic carboxylic acids is 1. The van der Waals surface area contributed by atoms with Gasteiger partial charge in [-0.25, -0.2) is 14.6 Å². The predicted molar refractivity (Wildman–Crippen MR) is 106 cm³/mol. The average Bonchev–Trinajstić information content (AvgIpc) is 2.73. The molecule has 146 valence electrons. The summed E-state index contributed by atoms with van der Waals surface area (Å²) in [6.45, 7) is 0.237. The van der Waals surface area contributed by atoms with E-state index in [-0.39, 0.29) is 17.7 Å². The number of hydrazone groups is 1. The average molecular weight is 392 g/mol. The number of benzene rings is 3. The Kier molecular flexibility index (Phi) is 6.32. The number of amides is 1. The first kappa shape index (κ1) is 19.8. The number of ether oxygens (including phenoxy) is 1. The van der Waals surface area contributed by atoms with E-state index in [1.807, 2.05) is 0 Å². The summed E-state index contributed by atoms with van der Waals surface area (Å²) in [5.74, 6) is -1.48. The number of hydrogen-bond donors (Lipinski definition) is 2. The molecular formula is C22H17FN2O4. The molecule has 3 aromatic carbocycles. The SMILES string of the molecule is O=C(O)c1ccc(COc2ccccc2/C=N\NC(=O)c2cccc(F)c2)cc1. The van der Waals surface area contributed by atoms with E-state index in [0.717, 1.165) is 11.6 Å². The van der Waals surface area contributed by atoms with Gasteiger partial charge in [-0.3, -0.25) is 4.79 Å². The van der Waals surface area contributed by atoms with E-state index in [4.69, 9.17) is 9.84 Å². The van der Waals surface area contributed by atoms with Crippen LogP contribution in [0, 0.1) is 5.82 Å². The Morgan fingerprint density at radius 3 is 2.48 bits per heavy atom. The zero-order valence-electron chi connectivity index (χ0n) is 15.2. The van der Waals surface area contributed by atoms with Crippen molar-refractivity contribution in [1.82, 2.24) is 5.43 Å². The van der Waals surface area contributed by atoms with Gasteiger partial charge in [0.25, 0.3) is 5.91 Å². The third-order valence-electron chi connectivity index (χ3n) is 3.97. The standard InChI is InChI=1S/C22H17FN2O4/c23-19-6-3-5-17(12-19)21(26)25-24-13-18-4-1-2-7-20(18)29-14-15-8-10-16(11-9-15)22(27)28/h1-13H,14H2,(H,25,26)(H,27,28)/b24-13-. The minimum absolute atomic E-state index is 0.163. The van der Waals surface area contributed by atoms with Crippen molar-refractivity contribution in [3.05, 3.63) is 101 Å². The first-order chi connectivity index (χ1) is 14.0. The number of nitrogens with one attached hydrogen (secondary N) is 1. The highest BCUT2D eigenvalue weighted by Crippen LogP contribution is 2.18. The predicted octanol–water partition coefficient (Wildman–Crippen LogP) is 3.87. The number of para-hydroxylation sites is 1. The minimum Gasteiger partial charge on any atom is -0.488 e. The molecule has 6 nitrogen and oxygen atoms in total. The van der Waals surface area contributed by atoms with Crippen LogP contribution in [-0.2, 0) is 6.61 Å². The molecule has 0 aliphatic heterocycles. The molecule has 0 aliphatic rings. The van der Waals surface area contributed by atoms with Crippen LogP contribution in [0.3, 0.4) is 0 Å². The van der Waals surface area contributed by atoms with Crippen molar-refractivity contribution in [3.63, 3.8) is 0 Å². The van der Waals surface area contributed by atoms with E-state index in [0.29, 0.717) is 11.3 Å². The molecule has 0 heterocycles. The van der Waals surface area contributed by atoms with Crippen LogP contribution in [-0.4, -0.2) is 23.2 Å². The van der Waals surface area contributed by atoms with Crippen LogP contribution < -0.4 is 10.2 Å². The van der Waals surface area contributed by atoms with Crippen molar-refractivity contribution >= 4 is 18.1 Å². The zero-order valence-corrected chi connectivity index (χ0v) is 15.2. The van der Waals surface area contributed by atoms with Gasteiger partial charge in [-0.05, 0) is 48.0 Å². The molecule has 0 unspecified atom stereocenters. The second kappa shape index (κ2) is 9.27. The van der Waals surface area contributed by atoms with Gasteiger partial charge < -0.3 is 9.84 Å². The first-order valence-electron chi connectivity index (χ1n) is 8.66. The second-order valence-corrected chi connectivity index (χ2v) is 6.04. The molecule has 0 bridgehead atoms. The van der Waals surface area contributed by atoms with Crippen molar-refractivity contribution in [2.45, 2.75) is 6.61 Å². The van der Waals surface area contributed by atoms with Crippen LogP contribution in [0.25, 0.3) is 0 Å². The molecule has 7 heteroatoms. The van der Waals surface area contributed by atoms with Crippen LogP contribution in [0.5, 0.6) is 5.75 Å². The highest BCUT2D eigenvalue weighted by atomic mass is 19.1. The van der Waals surface area contributed by atoms with E-state index in [1.54, 1.807) is 36.4 Å². The molecule has 0 spiro atoms. The summed E-state index contributed by atoms with van der Waals surface area (Å²) in [5.41, 5.74) is 4.15. The number of nitrogens with zero attached hydrogens (tertiary/aromatic N) is 1. The lowest BCUT2D eigenvalue weighted by molar-refractivity contribution is 0.0696. The summed E-state index contributed by atoms with van der Waals surface area (Å²) in [6.07, 6.45) is 1.43. The van der Waals surface area contributed by atoms with Crippen LogP contribution in [0.4, 0.5) is 4.39 Å². The van der Waals surface area contributed by atoms with Crippen LogP contribution in [0.15, 0.2) is 77.9 Å². The molecule has 0 radical (unpaired) electrons. The maximum absolute atomic E-state index is 13.2. The molecule has 0 aromatic heterocycles. The normalized spacial score (nSPS) is 10.7. The van der Waals surface area contributed by atoms with Crippen molar-refractivity contribution < 1.29 is 23.8 Å². The van der Waals surface area contributed by atoms with E-state index in [9.17, 15) is 14.0 Å². The number of rotatable bonds is 7. The molecule has 2 N–H and O–H groups in total. The van der Waals surface area contributed by atoms with E-state index >= 15 is 0 Å². The van der Waals surface area contributed by atoms with Crippen molar-refractivity contribution in [3.8, 4) is 5.75 Å².